The van der Waals surface area contributed by atoms with Crippen LogP contribution in [0.4, 0.5) is 5.82 Å². The van der Waals surface area contributed by atoms with Gasteiger partial charge in [0.1, 0.15) is 5.82 Å². The van der Waals surface area contributed by atoms with E-state index in [4.69, 9.17) is 28.9 Å². The Morgan fingerprint density at radius 1 is 0.909 bits per heavy atom. The molecule has 0 atom stereocenters. The summed E-state index contributed by atoms with van der Waals surface area (Å²) >= 11 is 12.0. The van der Waals surface area contributed by atoms with Gasteiger partial charge in [-0.15, -0.1) is 0 Å². The normalized spacial score (nSPS) is 10.6. The molecule has 4 nitrogen and oxygen atoms in total. The molecule has 110 valence electrons. The van der Waals surface area contributed by atoms with Gasteiger partial charge in [-0.1, -0.05) is 53.5 Å². The molecule has 0 radical (unpaired) electrons. The van der Waals surface area contributed by atoms with Crippen LogP contribution in [0.1, 0.15) is 0 Å². The molecule has 6 heteroatoms. The summed E-state index contributed by atoms with van der Waals surface area (Å²) in [5.74, 6) is 0.162. The minimum Gasteiger partial charge on any atom is -0.505 e. The Kier molecular flexibility index (Phi) is 3.88. The maximum atomic E-state index is 9.69. The molecule has 0 saturated heterocycles. The molecule has 0 spiro atoms. The van der Waals surface area contributed by atoms with Crippen molar-refractivity contribution in [3.05, 3.63) is 58.7 Å². The average Bonchev–Trinajstić information content (AvgIpc) is 2.53. The highest BCUT2D eigenvalue weighted by Gasteiger charge is 2.15. The Morgan fingerprint density at radius 2 is 1.55 bits per heavy atom. The molecule has 0 fully saturated rings. The Morgan fingerprint density at radius 3 is 2.18 bits per heavy atom. The Bertz CT molecular complexity index is 815. The van der Waals surface area contributed by atoms with Crippen molar-refractivity contribution < 1.29 is 5.11 Å². The highest BCUT2D eigenvalue weighted by molar-refractivity contribution is 6.37. The molecule has 1 heterocycles. The van der Waals surface area contributed by atoms with E-state index in [1.54, 1.807) is 12.1 Å². The maximum Gasteiger partial charge on any atom is 0.152 e. The van der Waals surface area contributed by atoms with E-state index in [1.165, 1.54) is 6.20 Å². The van der Waals surface area contributed by atoms with Crippen LogP contribution in [0.25, 0.3) is 22.5 Å². The van der Waals surface area contributed by atoms with Gasteiger partial charge in [-0.25, -0.2) is 4.98 Å². The fraction of sp³-hybridized carbons (Fsp3) is 0. The summed E-state index contributed by atoms with van der Waals surface area (Å²) < 4.78 is 0. The zero-order valence-electron chi connectivity index (χ0n) is 11.3. The third-order valence-corrected chi connectivity index (χ3v) is 3.70. The second-order valence-corrected chi connectivity index (χ2v) is 5.46. The van der Waals surface area contributed by atoms with Crippen LogP contribution in [-0.4, -0.2) is 15.1 Å². The lowest BCUT2D eigenvalue weighted by molar-refractivity contribution is 0.476. The van der Waals surface area contributed by atoms with Gasteiger partial charge in [-0.2, -0.15) is 0 Å². The number of phenolic OH excluding ortho intramolecular Hbond substituents is 1. The van der Waals surface area contributed by atoms with Gasteiger partial charge >= 0.3 is 0 Å². The van der Waals surface area contributed by atoms with Crippen LogP contribution in [0.15, 0.2) is 48.7 Å². The number of nitrogen functional groups attached to an aromatic ring is 1. The van der Waals surface area contributed by atoms with Crippen molar-refractivity contribution in [3.8, 4) is 28.3 Å². The molecule has 0 saturated carbocycles. The molecular weight excluding hydrogens is 321 g/mol. The second-order valence-electron chi connectivity index (χ2n) is 4.65. The number of rotatable bonds is 2. The fourth-order valence-electron chi connectivity index (χ4n) is 2.11. The van der Waals surface area contributed by atoms with E-state index >= 15 is 0 Å². The van der Waals surface area contributed by atoms with Crippen molar-refractivity contribution >= 4 is 29.0 Å². The lowest BCUT2D eigenvalue weighted by Gasteiger charge is -2.10. The Labute approximate surface area is 137 Å². The van der Waals surface area contributed by atoms with Gasteiger partial charge in [-0.3, -0.25) is 4.98 Å². The molecule has 0 aliphatic rings. The number of nitrogens with two attached hydrogens (primary N) is 1. The highest BCUT2D eigenvalue weighted by atomic mass is 35.5. The van der Waals surface area contributed by atoms with Crippen LogP contribution >= 0.6 is 23.2 Å². The lowest BCUT2D eigenvalue weighted by Crippen LogP contribution is -1.98. The first-order valence-corrected chi connectivity index (χ1v) is 7.18. The number of halogens is 2. The molecule has 0 unspecified atom stereocenters. The summed E-state index contributed by atoms with van der Waals surface area (Å²) in [6.45, 7) is 0. The van der Waals surface area contributed by atoms with E-state index in [0.717, 1.165) is 5.56 Å². The number of aromatic hydroxyl groups is 1. The summed E-state index contributed by atoms with van der Waals surface area (Å²) in [6.07, 6.45) is 1.47. The average molecular weight is 332 g/mol. The third-order valence-electron chi connectivity index (χ3n) is 3.13. The van der Waals surface area contributed by atoms with Crippen LogP contribution in [0.5, 0.6) is 5.75 Å². The van der Waals surface area contributed by atoms with Crippen molar-refractivity contribution in [1.82, 2.24) is 9.97 Å². The predicted octanol–water partition coefficient (Wildman–Crippen LogP) is 4.41. The summed E-state index contributed by atoms with van der Waals surface area (Å²) in [7, 11) is 0. The van der Waals surface area contributed by atoms with Crippen LogP contribution in [-0.2, 0) is 0 Å². The van der Waals surface area contributed by atoms with Gasteiger partial charge in [0.2, 0.25) is 0 Å². The number of aromatic nitrogens is 2. The lowest BCUT2D eigenvalue weighted by atomic mass is 10.0. The van der Waals surface area contributed by atoms with Crippen molar-refractivity contribution in [3.63, 3.8) is 0 Å². The van der Waals surface area contributed by atoms with Crippen molar-refractivity contribution in [1.29, 1.82) is 0 Å². The quantitative estimate of drug-likeness (QED) is 0.729. The number of hydrogen-bond donors (Lipinski definition) is 2. The van der Waals surface area contributed by atoms with Crippen LogP contribution in [0.2, 0.25) is 10.0 Å². The van der Waals surface area contributed by atoms with Gasteiger partial charge in [0.05, 0.1) is 27.6 Å². The first-order chi connectivity index (χ1) is 10.6. The first kappa shape index (κ1) is 14.6. The molecule has 0 aliphatic carbocycles. The van der Waals surface area contributed by atoms with E-state index in [9.17, 15) is 5.11 Å². The summed E-state index contributed by atoms with van der Waals surface area (Å²) in [5.41, 5.74) is 8.50. The van der Waals surface area contributed by atoms with Gasteiger partial charge in [0.15, 0.2) is 5.75 Å². The monoisotopic (exact) mass is 331 g/mol. The smallest absolute Gasteiger partial charge is 0.152 e. The molecule has 0 aliphatic heterocycles. The third kappa shape index (κ3) is 2.71. The molecule has 3 rings (SSSR count). The van der Waals surface area contributed by atoms with E-state index in [-0.39, 0.29) is 15.8 Å². The van der Waals surface area contributed by atoms with E-state index < -0.39 is 0 Å². The molecule has 0 amide bonds. The molecule has 3 N–H and O–H groups in total. The van der Waals surface area contributed by atoms with Gasteiger partial charge in [-0.05, 0) is 12.1 Å². The van der Waals surface area contributed by atoms with Crippen LogP contribution < -0.4 is 5.73 Å². The zero-order valence-corrected chi connectivity index (χ0v) is 12.8. The van der Waals surface area contributed by atoms with E-state index in [0.29, 0.717) is 22.8 Å². The number of nitrogens with zero attached hydrogens (tertiary/aromatic N) is 2. The zero-order chi connectivity index (χ0) is 15.7. The van der Waals surface area contributed by atoms with Gasteiger partial charge in [0, 0.05) is 11.1 Å². The first-order valence-electron chi connectivity index (χ1n) is 6.42. The molecular formula is C16H11Cl2N3O. The van der Waals surface area contributed by atoms with E-state index in [1.807, 2.05) is 30.3 Å². The summed E-state index contributed by atoms with van der Waals surface area (Å²) in [6, 6.07) is 12.7. The number of benzene rings is 2. The summed E-state index contributed by atoms with van der Waals surface area (Å²) in [5, 5.41) is 9.99. The Balaban J connectivity index is 2.24. The Hall–Kier alpha value is -2.30. The van der Waals surface area contributed by atoms with E-state index in [2.05, 4.69) is 9.97 Å². The highest BCUT2D eigenvalue weighted by Crippen LogP contribution is 2.38. The van der Waals surface area contributed by atoms with Gasteiger partial charge in [0.25, 0.3) is 0 Å². The second kappa shape index (κ2) is 5.83. The van der Waals surface area contributed by atoms with Crippen molar-refractivity contribution in [2.75, 3.05) is 5.73 Å². The molecule has 22 heavy (non-hydrogen) atoms. The molecule has 0 bridgehead atoms. The summed E-state index contributed by atoms with van der Waals surface area (Å²) in [4.78, 5) is 8.72. The largest absolute Gasteiger partial charge is 0.505 e. The maximum absolute atomic E-state index is 9.69. The predicted molar refractivity (Wildman–Crippen MR) is 89.0 cm³/mol. The van der Waals surface area contributed by atoms with Gasteiger partial charge < -0.3 is 10.8 Å². The minimum atomic E-state index is -0.156. The number of anilines is 1. The standard InChI is InChI=1S/C16H11Cl2N3O/c17-11-6-10(7-12(18)16(11)22)14-15(21-13(19)8-20-14)9-4-2-1-3-5-9/h1-8,22H,(H2,19,21). The molecule has 2 aromatic carbocycles. The molecule has 3 aromatic rings. The number of phenols is 1. The fourth-order valence-corrected chi connectivity index (χ4v) is 2.60. The SMILES string of the molecule is Nc1cnc(-c2cc(Cl)c(O)c(Cl)c2)c(-c2ccccc2)n1. The molecule has 1 aromatic heterocycles. The minimum absolute atomic E-state index is 0.153. The van der Waals surface area contributed by atoms with Crippen molar-refractivity contribution in [2.24, 2.45) is 0 Å². The van der Waals surface area contributed by atoms with Crippen LogP contribution in [0, 0.1) is 0 Å². The van der Waals surface area contributed by atoms with Crippen LogP contribution in [0.3, 0.4) is 0 Å². The number of hydrogen-bond acceptors (Lipinski definition) is 4. The van der Waals surface area contributed by atoms with Crippen molar-refractivity contribution in [2.45, 2.75) is 0 Å². The topological polar surface area (TPSA) is 72.0 Å².